The molecule has 31 heavy (non-hydrogen) atoms. The van der Waals surface area contributed by atoms with E-state index in [4.69, 9.17) is 4.74 Å². The number of aliphatic hydroxyl groups is 3. The van der Waals surface area contributed by atoms with Crippen LogP contribution in [0.15, 0.2) is 48.5 Å². The summed E-state index contributed by atoms with van der Waals surface area (Å²) in [7, 11) is 0. The SMILES string of the molecule is OCC1OC(c2ccc(C3CCC3)c(Cc3cc4ccccc4s3)c2)C(O)C(O)C1F. The van der Waals surface area contributed by atoms with Gasteiger partial charge in [0.1, 0.15) is 24.4 Å². The van der Waals surface area contributed by atoms with Crippen molar-refractivity contribution in [1.82, 2.24) is 0 Å². The van der Waals surface area contributed by atoms with E-state index in [1.54, 1.807) is 11.3 Å². The summed E-state index contributed by atoms with van der Waals surface area (Å²) in [5.41, 5.74) is 3.21. The van der Waals surface area contributed by atoms with Gasteiger partial charge in [-0.05, 0) is 53.0 Å². The largest absolute Gasteiger partial charge is 0.394 e. The second kappa shape index (κ2) is 8.60. The number of benzene rings is 2. The summed E-state index contributed by atoms with van der Waals surface area (Å²) in [6.45, 7) is -0.545. The van der Waals surface area contributed by atoms with Crippen LogP contribution in [0.1, 0.15) is 52.9 Å². The van der Waals surface area contributed by atoms with E-state index in [-0.39, 0.29) is 0 Å². The van der Waals surface area contributed by atoms with Gasteiger partial charge in [-0.1, -0.05) is 42.8 Å². The molecular formula is C25H27FO4S. The maximum absolute atomic E-state index is 14.2. The van der Waals surface area contributed by atoms with Crippen molar-refractivity contribution < 1.29 is 24.4 Å². The minimum atomic E-state index is -1.82. The molecule has 6 heteroatoms. The maximum Gasteiger partial charge on any atom is 0.157 e. The molecule has 3 N–H and O–H groups in total. The fourth-order valence-electron chi connectivity index (χ4n) is 4.74. The first-order valence-corrected chi connectivity index (χ1v) is 11.7. The molecule has 3 aromatic rings. The van der Waals surface area contributed by atoms with Gasteiger partial charge in [-0.3, -0.25) is 0 Å². The zero-order valence-corrected chi connectivity index (χ0v) is 18.0. The van der Waals surface area contributed by atoms with Crippen LogP contribution >= 0.6 is 11.3 Å². The Morgan fingerprint density at radius 3 is 2.55 bits per heavy atom. The van der Waals surface area contributed by atoms with Crippen LogP contribution in [0, 0.1) is 0 Å². The minimum absolute atomic E-state index is 0.543. The number of halogens is 1. The Kier molecular flexibility index (Phi) is 5.84. The van der Waals surface area contributed by atoms with E-state index < -0.39 is 37.2 Å². The van der Waals surface area contributed by atoms with Gasteiger partial charge >= 0.3 is 0 Å². The van der Waals surface area contributed by atoms with Crippen molar-refractivity contribution in [2.24, 2.45) is 0 Å². The second-order valence-electron chi connectivity index (χ2n) is 8.72. The minimum Gasteiger partial charge on any atom is -0.394 e. The molecule has 1 aliphatic heterocycles. The lowest BCUT2D eigenvalue weighted by molar-refractivity contribution is -0.214. The Morgan fingerprint density at radius 1 is 1.03 bits per heavy atom. The van der Waals surface area contributed by atoms with Gasteiger partial charge in [0.25, 0.3) is 0 Å². The Morgan fingerprint density at radius 2 is 1.84 bits per heavy atom. The van der Waals surface area contributed by atoms with Gasteiger partial charge in [-0.2, -0.15) is 0 Å². The molecule has 5 rings (SSSR count). The highest BCUT2D eigenvalue weighted by molar-refractivity contribution is 7.19. The highest BCUT2D eigenvalue weighted by Crippen LogP contribution is 2.41. The van der Waals surface area contributed by atoms with E-state index in [0.29, 0.717) is 11.5 Å². The normalized spacial score (nSPS) is 29.2. The Bertz CT molecular complexity index is 1030. The number of hydrogen-bond donors (Lipinski definition) is 3. The van der Waals surface area contributed by atoms with Crippen LogP contribution in [0.25, 0.3) is 10.1 Å². The van der Waals surface area contributed by atoms with Crippen LogP contribution in [0.2, 0.25) is 0 Å². The van der Waals surface area contributed by atoms with Gasteiger partial charge in [0, 0.05) is 16.0 Å². The van der Waals surface area contributed by atoms with Crippen molar-refractivity contribution in [3.8, 4) is 0 Å². The Labute approximate surface area is 184 Å². The lowest BCUT2D eigenvalue weighted by Crippen LogP contribution is -2.53. The van der Waals surface area contributed by atoms with Crippen molar-refractivity contribution in [3.63, 3.8) is 0 Å². The molecule has 2 aromatic carbocycles. The molecule has 5 unspecified atom stereocenters. The summed E-state index contributed by atoms with van der Waals surface area (Å²) in [6, 6.07) is 16.6. The standard InChI is InChI=1S/C25H27FO4S/c26-22-20(13-27)30-25(24(29)23(22)28)16-8-9-19(14-5-3-6-14)17(10-16)12-18-11-15-4-1-2-7-21(15)31-18/h1-2,4,7-11,14,20,22-25,27-29H,3,5-6,12-13H2. The molecule has 2 aliphatic rings. The van der Waals surface area contributed by atoms with E-state index in [9.17, 15) is 19.7 Å². The van der Waals surface area contributed by atoms with Crippen molar-refractivity contribution in [3.05, 3.63) is 70.1 Å². The fraction of sp³-hybridized carbons (Fsp3) is 0.440. The summed E-state index contributed by atoms with van der Waals surface area (Å²) in [5, 5.41) is 31.3. The molecule has 4 nitrogen and oxygen atoms in total. The number of hydrogen-bond acceptors (Lipinski definition) is 5. The number of thiophene rings is 1. The van der Waals surface area contributed by atoms with E-state index >= 15 is 0 Å². The molecule has 5 atom stereocenters. The monoisotopic (exact) mass is 442 g/mol. The molecule has 1 aromatic heterocycles. The van der Waals surface area contributed by atoms with Crippen LogP contribution in [0.4, 0.5) is 4.39 Å². The number of ether oxygens (including phenoxy) is 1. The van der Waals surface area contributed by atoms with Crippen LogP contribution in [0.5, 0.6) is 0 Å². The molecule has 1 saturated heterocycles. The third kappa shape index (κ3) is 3.92. The van der Waals surface area contributed by atoms with Crippen LogP contribution < -0.4 is 0 Å². The number of alkyl halides is 1. The zero-order valence-electron chi connectivity index (χ0n) is 17.2. The molecule has 2 heterocycles. The summed E-state index contributed by atoms with van der Waals surface area (Å²) in [6.07, 6.45) is -2.45. The maximum atomic E-state index is 14.2. The third-order valence-electron chi connectivity index (χ3n) is 6.72. The molecule has 164 valence electrons. The summed E-state index contributed by atoms with van der Waals surface area (Å²) in [5.74, 6) is 0.543. The average molecular weight is 443 g/mol. The van der Waals surface area contributed by atoms with Gasteiger partial charge in [-0.15, -0.1) is 11.3 Å². The number of aliphatic hydroxyl groups excluding tert-OH is 3. The predicted octanol–water partition coefficient (Wildman–Crippen LogP) is 4.25. The van der Waals surface area contributed by atoms with Crippen molar-refractivity contribution in [2.45, 2.75) is 62.2 Å². The molecular weight excluding hydrogens is 415 g/mol. The van der Waals surface area contributed by atoms with Gasteiger partial charge in [0.05, 0.1) is 6.61 Å². The first kappa shape index (κ1) is 21.0. The summed E-state index contributed by atoms with van der Waals surface area (Å²) < 4.78 is 21.1. The van der Waals surface area contributed by atoms with Gasteiger partial charge < -0.3 is 20.1 Å². The average Bonchev–Trinajstić information content (AvgIpc) is 3.15. The fourth-order valence-corrected chi connectivity index (χ4v) is 5.82. The first-order valence-electron chi connectivity index (χ1n) is 10.9. The third-order valence-corrected chi connectivity index (χ3v) is 7.84. The van der Waals surface area contributed by atoms with E-state index in [1.165, 1.54) is 45.4 Å². The van der Waals surface area contributed by atoms with Gasteiger partial charge in [-0.25, -0.2) is 4.39 Å². The number of rotatable bonds is 5. The van der Waals surface area contributed by atoms with Crippen molar-refractivity contribution >= 4 is 21.4 Å². The smallest absolute Gasteiger partial charge is 0.157 e. The summed E-state index contributed by atoms with van der Waals surface area (Å²) >= 11 is 1.78. The van der Waals surface area contributed by atoms with E-state index in [2.05, 4.69) is 24.3 Å². The molecule has 1 aliphatic carbocycles. The molecule has 0 spiro atoms. The molecule has 2 fully saturated rings. The van der Waals surface area contributed by atoms with Gasteiger partial charge in [0.2, 0.25) is 0 Å². The molecule has 0 amide bonds. The number of fused-ring (bicyclic) bond motifs is 1. The first-order chi connectivity index (χ1) is 15.0. The lowest BCUT2D eigenvalue weighted by atomic mass is 9.77. The second-order valence-corrected chi connectivity index (χ2v) is 9.89. The highest BCUT2D eigenvalue weighted by atomic mass is 32.1. The quantitative estimate of drug-likeness (QED) is 0.553. The Hall–Kier alpha value is -1.83. The Balaban J connectivity index is 1.49. The van der Waals surface area contributed by atoms with Crippen LogP contribution in [-0.2, 0) is 11.2 Å². The lowest BCUT2D eigenvalue weighted by Gasteiger charge is -2.39. The zero-order chi connectivity index (χ0) is 21.5. The van der Waals surface area contributed by atoms with E-state index in [1.807, 2.05) is 24.3 Å². The highest BCUT2D eigenvalue weighted by Gasteiger charge is 2.45. The predicted molar refractivity (Wildman–Crippen MR) is 119 cm³/mol. The molecule has 0 radical (unpaired) electrons. The van der Waals surface area contributed by atoms with Gasteiger partial charge in [0.15, 0.2) is 6.17 Å². The van der Waals surface area contributed by atoms with Crippen molar-refractivity contribution in [2.75, 3.05) is 6.61 Å². The van der Waals surface area contributed by atoms with Crippen LogP contribution in [-0.4, -0.2) is 46.4 Å². The topological polar surface area (TPSA) is 69.9 Å². The van der Waals surface area contributed by atoms with E-state index in [0.717, 1.165) is 6.42 Å². The van der Waals surface area contributed by atoms with Crippen LogP contribution in [0.3, 0.4) is 0 Å². The molecule has 1 saturated carbocycles. The molecule has 0 bridgehead atoms. The van der Waals surface area contributed by atoms with Crippen molar-refractivity contribution in [1.29, 1.82) is 0 Å². The summed E-state index contributed by atoms with van der Waals surface area (Å²) in [4.78, 5) is 1.26.